The standard InChI is InChI=1S/C12H17F4N2O12P3/c1-6-8(14)3-18(7(2)17-6)10-11(15,4-13)9(19)12(16,28-10)5-27-32(23,24)30-33(25,26)29-31(20,21)22/h3,9-10,17,19H,1-2,4-5H2,(H,23,24)(H,25,26)(H2,20,21,22)/t9-,10-,11?,12-/m1/s1. The number of phosphoric ester groups is 1. The smallest absolute Gasteiger partial charge is 0.383 e. The zero-order chi connectivity index (χ0) is 25.6. The molecule has 6 N–H and O–H groups in total. The van der Waals surface area contributed by atoms with E-state index < -0.39 is 72.3 Å². The molecule has 0 radical (unpaired) electrons. The summed E-state index contributed by atoms with van der Waals surface area (Å²) < 4.78 is 107. The lowest BCUT2D eigenvalue weighted by Gasteiger charge is -2.37. The number of nitrogens with one attached hydrogen (secondary N) is 1. The zero-order valence-electron chi connectivity index (χ0n) is 16.0. The molecule has 0 aromatic carbocycles. The van der Waals surface area contributed by atoms with Crippen molar-refractivity contribution in [2.75, 3.05) is 13.3 Å². The fourth-order valence-electron chi connectivity index (χ4n) is 2.64. The lowest BCUT2D eigenvalue weighted by atomic mass is 9.95. The van der Waals surface area contributed by atoms with E-state index in [0.29, 0.717) is 11.1 Å². The van der Waals surface area contributed by atoms with E-state index in [2.05, 4.69) is 36.4 Å². The van der Waals surface area contributed by atoms with Crippen LogP contribution in [0.3, 0.4) is 0 Å². The number of ether oxygens (including phenoxy) is 1. The predicted octanol–water partition coefficient (Wildman–Crippen LogP) is 1.09. The second kappa shape index (κ2) is 9.15. The van der Waals surface area contributed by atoms with Crippen LogP contribution in [0, 0.1) is 0 Å². The number of rotatable bonds is 9. The van der Waals surface area contributed by atoms with Gasteiger partial charge in [0.05, 0.1) is 5.70 Å². The Hall–Kier alpha value is -1.13. The van der Waals surface area contributed by atoms with E-state index >= 15 is 8.78 Å². The number of hydrogen-bond donors (Lipinski definition) is 6. The van der Waals surface area contributed by atoms with E-state index in [-0.39, 0.29) is 5.70 Å². The average molecular weight is 550 g/mol. The van der Waals surface area contributed by atoms with Gasteiger partial charge in [0.1, 0.15) is 19.1 Å². The van der Waals surface area contributed by atoms with Gasteiger partial charge in [0.25, 0.3) is 5.85 Å². The van der Waals surface area contributed by atoms with Crippen LogP contribution in [0.5, 0.6) is 0 Å². The highest BCUT2D eigenvalue weighted by molar-refractivity contribution is 7.66. The van der Waals surface area contributed by atoms with Crippen molar-refractivity contribution >= 4 is 23.5 Å². The molecule has 3 unspecified atom stereocenters. The Morgan fingerprint density at radius 2 is 1.73 bits per heavy atom. The molecule has 0 spiro atoms. The van der Waals surface area contributed by atoms with E-state index in [9.17, 15) is 32.5 Å². The van der Waals surface area contributed by atoms with Crippen LogP contribution in [0.15, 0.2) is 36.7 Å². The average Bonchev–Trinajstić information content (AvgIpc) is 2.82. The summed E-state index contributed by atoms with van der Waals surface area (Å²) >= 11 is 0. The van der Waals surface area contributed by atoms with Crippen LogP contribution >= 0.6 is 23.5 Å². The minimum Gasteiger partial charge on any atom is -0.383 e. The van der Waals surface area contributed by atoms with Crippen molar-refractivity contribution in [1.29, 1.82) is 0 Å². The summed E-state index contributed by atoms with van der Waals surface area (Å²) in [6.07, 6.45) is -5.08. The zero-order valence-corrected chi connectivity index (χ0v) is 18.6. The van der Waals surface area contributed by atoms with E-state index in [1.807, 2.05) is 0 Å². The fraction of sp³-hybridized carbons (Fsp3) is 0.500. The van der Waals surface area contributed by atoms with Crippen LogP contribution in [0.25, 0.3) is 0 Å². The van der Waals surface area contributed by atoms with Crippen molar-refractivity contribution in [3.8, 4) is 0 Å². The Bertz CT molecular complexity index is 1010. The highest BCUT2D eigenvalue weighted by atomic mass is 31.3. The molecule has 0 aromatic rings. The highest BCUT2D eigenvalue weighted by Crippen LogP contribution is 2.66. The molecule has 2 heterocycles. The van der Waals surface area contributed by atoms with Crippen LogP contribution in [-0.4, -0.2) is 66.7 Å². The lowest BCUT2D eigenvalue weighted by molar-refractivity contribution is -0.207. The number of halogens is 4. The van der Waals surface area contributed by atoms with Gasteiger partial charge in [-0.15, -0.1) is 0 Å². The molecule has 1 saturated heterocycles. The normalized spacial score (nSPS) is 34.5. The Balaban J connectivity index is 2.24. The van der Waals surface area contributed by atoms with Crippen LogP contribution in [0.4, 0.5) is 17.6 Å². The molecule has 0 saturated carbocycles. The molecular formula is C12H17F4N2O12P3. The van der Waals surface area contributed by atoms with Crippen molar-refractivity contribution in [1.82, 2.24) is 10.2 Å². The van der Waals surface area contributed by atoms with Gasteiger partial charge in [-0.1, -0.05) is 13.2 Å². The Morgan fingerprint density at radius 1 is 1.15 bits per heavy atom. The third-order valence-corrected chi connectivity index (χ3v) is 7.81. The van der Waals surface area contributed by atoms with Gasteiger partial charge in [-0.25, -0.2) is 31.3 Å². The van der Waals surface area contributed by atoms with Gasteiger partial charge in [-0.05, 0) is 0 Å². The number of aliphatic hydroxyl groups excluding tert-OH is 1. The number of nitrogens with zero attached hydrogens (tertiary/aromatic N) is 1. The molecule has 33 heavy (non-hydrogen) atoms. The van der Waals surface area contributed by atoms with Crippen LogP contribution in [0.2, 0.25) is 0 Å². The molecule has 6 atom stereocenters. The second-order valence-electron chi connectivity index (χ2n) is 6.52. The summed E-state index contributed by atoms with van der Waals surface area (Å²) in [6.45, 7) is 2.50. The second-order valence-corrected chi connectivity index (χ2v) is 10.9. The quantitative estimate of drug-likeness (QED) is 0.176. The molecule has 2 aliphatic heterocycles. The highest BCUT2D eigenvalue weighted by Gasteiger charge is 2.68. The molecular weight excluding hydrogens is 533 g/mol. The molecule has 21 heteroatoms. The molecule has 1 fully saturated rings. The van der Waals surface area contributed by atoms with Gasteiger partial charge in [0.2, 0.25) is 5.67 Å². The van der Waals surface area contributed by atoms with Crippen LogP contribution < -0.4 is 5.32 Å². The van der Waals surface area contributed by atoms with Crippen LogP contribution in [0.1, 0.15) is 0 Å². The number of phosphoric acid groups is 3. The largest absolute Gasteiger partial charge is 0.490 e. The molecule has 14 nitrogen and oxygen atoms in total. The number of allylic oxidation sites excluding steroid dienone is 1. The SMILES string of the molecule is C=C1NC(=C)N([C@@H]2O[C@](F)(COP(=O)(O)OP(=O)(O)OP(=O)(O)O)[C@H](O)C2(F)CF)C=C1F. The molecule has 0 bridgehead atoms. The number of alkyl halides is 3. The van der Waals surface area contributed by atoms with Gasteiger partial charge in [-0.2, -0.15) is 8.62 Å². The maximum atomic E-state index is 15.2. The van der Waals surface area contributed by atoms with Gasteiger partial charge < -0.3 is 39.6 Å². The Labute approximate surface area is 182 Å². The van der Waals surface area contributed by atoms with Gasteiger partial charge in [0.15, 0.2) is 18.2 Å². The third kappa shape index (κ3) is 6.31. The van der Waals surface area contributed by atoms with Crippen molar-refractivity contribution in [2.24, 2.45) is 0 Å². The first-order valence-electron chi connectivity index (χ1n) is 8.14. The maximum Gasteiger partial charge on any atom is 0.490 e. The number of aliphatic hydroxyl groups is 1. The summed E-state index contributed by atoms with van der Waals surface area (Å²) in [5, 5.41) is 12.2. The molecule has 0 aromatic heterocycles. The summed E-state index contributed by atoms with van der Waals surface area (Å²) in [5.74, 6) is -5.38. The van der Waals surface area contributed by atoms with Gasteiger partial charge in [-0.3, -0.25) is 4.52 Å². The monoisotopic (exact) mass is 550 g/mol. The first-order chi connectivity index (χ1) is 14.8. The Kier molecular flexibility index (Phi) is 7.79. The van der Waals surface area contributed by atoms with E-state index in [1.54, 1.807) is 0 Å². The fourth-order valence-corrected chi connectivity index (χ4v) is 5.67. The summed E-state index contributed by atoms with van der Waals surface area (Å²) in [4.78, 5) is 35.7. The molecule has 2 aliphatic rings. The first kappa shape index (κ1) is 28.1. The van der Waals surface area contributed by atoms with Gasteiger partial charge in [0, 0.05) is 6.20 Å². The van der Waals surface area contributed by atoms with Crippen molar-refractivity contribution < 1.29 is 73.8 Å². The predicted molar refractivity (Wildman–Crippen MR) is 96.8 cm³/mol. The van der Waals surface area contributed by atoms with Gasteiger partial charge >= 0.3 is 23.5 Å². The molecule has 190 valence electrons. The molecule has 2 rings (SSSR count). The van der Waals surface area contributed by atoms with Crippen LogP contribution in [-0.2, 0) is 31.6 Å². The summed E-state index contributed by atoms with van der Waals surface area (Å²) in [5.41, 5.74) is -3.99. The van der Waals surface area contributed by atoms with E-state index in [4.69, 9.17) is 14.7 Å². The summed E-state index contributed by atoms with van der Waals surface area (Å²) in [6, 6.07) is 0. The minimum atomic E-state index is -5.97. The van der Waals surface area contributed by atoms with Crippen molar-refractivity contribution in [3.63, 3.8) is 0 Å². The lowest BCUT2D eigenvalue weighted by Crippen LogP contribution is -2.54. The minimum absolute atomic E-state index is 0.348. The summed E-state index contributed by atoms with van der Waals surface area (Å²) in [7, 11) is -17.6. The Morgan fingerprint density at radius 3 is 2.24 bits per heavy atom. The van der Waals surface area contributed by atoms with Crippen molar-refractivity contribution in [3.05, 3.63) is 36.7 Å². The van der Waals surface area contributed by atoms with E-state index in [0.717, 1.165) is 0 Å². The van der Waals surface area contributed by atoms with E-state index in [1.165, 1.54) is 0 Å². The third-order valence-electron chi connectivity index (χ3n) is 4.03. The molecule has 0 aliphatic carbocycles. The maximum absolute atomic E-state index is 15.2. The van der Waals surface area contributed by atoms with Crippen molar-refractivity contribution in [2.45, 2.75) is 23.9 Å². The molecule has 0 amide bonds. The number of hydrogen-bond acceptors (Lipinski definition) is 10. The topological polar surface area (TPSA) is 205 Å². The first-order valence-corrected chi connectivity index (χ1v) is 12.7.